The number of H-pyrrole nitrogens is 2. The Morgan fingerprint density at radius 3 is 1.41 bits per heavy atom. The number of nitrogens with one attached hydrogen (secondary N) is 2. The van der Waals surface area contributed by atoms with Crippen LogP contribution in [0, 0.1) is 11.3 Å². The van der Waals surface area contributed by atoms with E-state index in [1.54, 1.807) is 58.3 Å². The van der Waals surface area contributed by atoms with Crippen molar-refractivity contribution in [2.24, 2.45) is 5.73 Å². The Kier molecular flexibility index (Phi) is 12.5. The van der Waals surface area contributed by atoms with Crippen molar-refractivity contribution in [3.8, 4) is 17.6 Å². The number of rotatable bonds is 9. The average Bonchev–Trinajstić information content (AvgIpc) is 3.99. The maximum absolute atomic E-state index is 13.0. The second-order valence-electron chi connectivity index (χ2n) is 14.3. The second kappa shape index (κ2) is 18.5. The van der Waals surface area contributed by atoms with Crippen molar-refractivity contribution in [2.75, 3.05) is 66.6 Å². The van der Waals surface area contributed by atoms with Crippen LogP contribution in [-0.2, 0) is 9.59 Å². The molecule has 4 N–H and O–H groups in total. The molecule has 2 aliphatic heterocycles. The number of ether oxygens (including phenoxy) is 2. The fourth-order valence-corrected chi connectivity index (χ4v) is 7.45. The van der Waals surface area contributed by atoms with Gasteiger partial charge in [-0.25, -0.2) is 9.97 Å². The van der Waals surface area contributed by atoms with Crippen LogP contribution in [-0.4, -0.2) is 147 Å². The van der Waals surface area contributed by atoms with Gasteiger partial charge in [-0.3, -0.25) is 33.6 Å². The first-order valence-electron chi connectivity index (χ1n) is 19.6. The fraction of sp³-hybridized carbons (Fsp3) is 0.227. The van der Waals surface area contributed by atoms with E-state index in [2.05, 4.69) is 19.9 Å². The predicted octanol–water partition coefficient (Wildman–Crippen LogP) is 2.45. The number of carbonyl (C=O) groups excluding carboxylic acids is 7. The third kappa shape index (κ3) is 8.50. The fourth-order valence-electron chi connectivity index (χ4n) is 7.45. The van der Waals surface area contributed by atoms with E-state index in [1.165, 1.54) is 48.8 Å². The highest BCUT2D eigenvalue weighted by Crippen LogP contribution is 2.32. The minimum atomic E-state index is -0.774. The molecule has 6 heterocycles. The minimum Gasteiger partial charge on any atom is -0.494 e. The van der Waals surface area contributed by atoms with Crippen LogP contribution >= 0.6 is 0 Å². The summed E-state index contributed by atoms with van der Waals surface area (Å²) in [6.07, 6.45) is 5.37. The Morgan fingerprint density at radius 2 is 1.00 bits per heavy atom. The zero-order valence-electron chi connectivity index (χ0n) is 34.1. The first kappa shape index (κ1) is 42.7. The van der Waals surface area contributed by atoms with E-state index in [1.807, 2.05) is 18.2 Å². The number of Topliss-reactive ketones (excluding diaryl/α,β-unsaturated/α-hetero) is 2. The van der Waals surface area contributed by atoms with Gasteiger partial charge in [-0.1, -0.05) is 36.4 Å². The number of pyridine rings is 2. The molecule has 0 unspecified atom stereocenters. The van der Waals surface area contributed by atoms with Gasteiger partial charge in [0.25, 0.3) is 41.1 Å². The van der Waals surface area contributed by atoms with Gasteiger partial charge in [0, 0.05) is 75.9 Å². The molecule has 19 heteroatoms. The Balaban J connectivity index is 0.000000189. The minimum absolute atomic E-state index is 0.0552. The van der Waals surface area contributed by atoms with E-state index < -0.39 is 29.3 Å². The van der Waals surface area contributed by atoms with Gasteiger partial charge in [-0.2, -0.15) is 5.26 Å². The highest BCUT2D eigenvalue weighted by molar-refractivity contribution is 6.46. The summed E-state index contributed by atoms with van der Waals surface area (Å²) in [4.78, 5) is 108. The van der Waals surface area contributed by atoms with E-state index in [0.717, 1.165) is 0 Å². The summed E-state index contributed by atoms with van der Waals surface area (Å²) in [7, 11) is 2.82. The van der Waals surface area contributed by atoms with Crippen molar-refractivity contribution in [3.63, 3.8) is 0 Å². The van der Waals surface area contributed by atoms with Crippen LogP contribution in [0.3, 0.4) is 0 Å². The number of nitrogens with two attached hydrogens (primary N) is 1. The van der Waals surface area contributed by atoms with Crippen molar-refractivity contribution in [1.29, 1.82) is 5.26 Å². The number of piperazine rings is 2. The van der Waals surface area contributed by atoms with Gasteiger partial charge in [0.1, 0.15) is 17.6 Å². The Hall–Kier alpha value is -8.40. The predicted molar refractivity (Wildman–Crippen MR) is 225 cm³/mol. The number of amides is 5. The molecule has 2 aliphatic rings. The summed E-state index contributed by atoms with van der Waals surface area (Å²) in [5.74, 6) is -3.27. The monoisotopic (exact) mass is 852 g/mol. The molecule has 2 aromatic carbocycles. The smallest absolute Gasteiger partial charge is 0.295 e. The summed E-state index contributed by atoms with van der Waals surface area (Å²) in [6.45, 7) is 2.30. The van der Waals surface area contributed by atoms with Crippen LogP contribution in [0.25, 0.3) is 21.8 Å². The number of hydrogen-bond donors (Lipinski definition) is 3. The van der Waals surface area contributed by atoms with Gasteiger partial charge in [0.2, 0.25) is 0 Å². The summed E-state index contributed by atoms with van der Waals surface area (Å²) in [5, 5.41) is 9.87. The van der Waals surface area contributed by atoms with E-state index in [0.29, 0.717) is 54.0 Å². The van der Waals surface area contributed by atoms with Crippen LogP contribution in [0.1, 0.15) is 57.6 Å². The van der Waals surface area contributed by atoms with Gasteiger partial charge in [0.15, 0.2) is 11.4 Å². The number of aromatic amines is 2. The molecule has 63 heavy (non-hydrogen) atoms. The molecule has 19 nitrogen and oxygen atoms in total. The summed E-state index contributed by atoms with van der Waals surface area (Å²) >= 11 is 0. The molecule has 2 fully saturated rings. The van der Waals surface area contributed by atoms with E-state index in [9.17, 15) is 38.8 Å². The van der Waals surface area contributed by atoms with Crippen molar-refractivity contribution in [1.82, 2.24) is 39.5 Å². The van der Waals surface area contributed by atoms with Crippen molar-refractivity contribution < 1.29 is 43.0 Å². The zero-order chi connectivity index (χ0) is 44.8. The number of fused-ring (bicyclic) bond motifs is 2. The number of nitriles is 1. The largest absolute Gasteiger partial charge is 0.494 e. The summed E-state index contributed by atoms with van der Waals surface area (Å²) in [6, 6.07) is 19.8. The zero-order valence-corrected chi connectivity index (χ0v) is 34.1. The van der Waals surface area contributed by atoms with Gasteiger partial charge in [-0.05, 0) is 24.3 Å². The average molecular weight is 853 g/mol. The van der Waals surface area contributed by atoms with Crippen molar-refractivity contribution >= 4 is 62.9 Å². The van der Waals surface area contributed by atoms with Gasteiger partial charge in [0.05, 0.1) is 59.5 Å². The third-order valence-electron chi connectivity index (χ3n) is 10.8. The third-order valence-corrected chi connectivity index (χ3v) is 10.8. The normalized spacial score (nSPS) is 13.7. The molecule has 6 aromatic rings. The number of benzene rings is 2. The number of carbonyl (C=O) groups is 7. The molecule has 0 saturated carbocycles. The number of ketones is 2. The Bertz CT molecular complexity index is 2800. The summed E-state index contributed by atoms with van der Waals surface area (Å²) in [5.41, 5.74) is 7.34. The highest BCUT2D eigenvalue weighted by atomic mass is 16.5. The first-order valence-corrected chi connectivity index (χ1v) is 19.6. The van der Waals surface area contributed by atoms with Crippen LogP contribution in [0.15, 0.2) is 85.5 Å². The van der Waals surface area contributed by atoms with Gasteiger partial charge in [-0.15, -0.1) is 0 Å². The van der Waals surface area contributed by atoms with Crippen LogP contribution in [0.2, 0.25) is 0 Å². The lowest BCUT2D eigenvalue weighted by atomic mass is 10.1. The molecule has 8 rings (SSSR count). The number of primary amides is 1. The van der Waals surface area contributed by atoms with Crippen molar-refractivity contribution in [3.05, 3.63) is 119 Å². The first-order chi connectivity index (χ1) is 30.5. The molecule has 0 radical (unpaired) electrons. The standard InChI is InChI=1S/C22H21N5O5.C22H19N5O4/c1-32-15-12-25-18(20(23)29)17-16(15)14(11-24-17)19(28)22(31)27-9-7-26(8-10-27)21(30)13-5-3-2-4-6-13;1-31-17-13-24-16(11-23)19-18(17)15(12-25-19)20(28)22(30)27-9-7-26(8-10-27)21(29)14-5-3-2-4-6-14/h2-6,11-12,24H,7-10H2,1H3,(H2,23,29);2-6,12-13,25H,7-10H2,1H3. The Labute approximate surface area is 359 Å². The maximum atomic E-state index is 13.0. The topological polar surface area (TPSA) is 258 Å². The SMILES string of the molecule is COc1cnc(C#N)c2[nH]cc(C(=O)C(=O)N3CCN(C(=O)c4ccccc4)CC3)c12.COc1cnc(C(N)=O)c2[nH]cc(C(=O)C(=O)N3CCN(C(=O)c4ccccc4)CC3)c12. The number of nitrogens with zero attached hydrogens (tertiary/aromatic N) is 7. The lowest BCUT2D eigenvalue weighted by Gasteiger charge is -2.34. The molecule has 320 valence electrons. The van der Waals surface area contributed by atoms with E-state index in [4.69, 9.17) is 15.2 Å². The van der Waals surface area contributed by atoms with Crippen LogP contribution in [0.4, 0.5) is 0 Å². The maximum Gasteiger partial charge on any atom is 0.295 e. The highest BCUT2D eigenvalue weighted by Gasteiger charge is 2.33. The lowest BCUT2D eigenvalue weighted by molar-refractivity contribution is -0.128. The van der Waals surface area contributed by atoms with E-state index >= 15 is 0 Å². The lowest BCUT2D eigenvalue weighted by Crippen LogP contribution is -2.52. The number of hydrogen-bond acceptors (Lipinski definition) is 12. The molecule has 0 atom stereocenters. The van der Waals surface area contributed by atoms with Crippen LogP contribution in [0.5, 0.6) is 11.5 Å². The molecule has 0 spiro atoms. The van der Waals surface area contributed by atoms with Gasteiger partial charge >= 0.3 is 0 Å². The van der Waals surface area contributed by atoms with Gasteiger partial charge < -0.3 is 44.8 Å². The molecular weight excluding hydrogens is 813 g/mol. The Morgan fingerprint density at radius 1 is 0.603 bits per heavy atom. The van der Waals surface area contributed by atoms with Crippen LogP contribution < -0.4 is 15.2 Å². The van der Waals surface area contributed by atoms with E-state index in [-0.39, 0.29) is 77.2 Å². The molecule has 0 aliphatic carbocycles. The second-order valence-corrected chi connectivity index (χ2v) is 14.3. The number of aromatic nitrogens is 4. The molecule has 4 aromatic heterocycles. The molecule has 2 saturated heterocycles. The van der Waals surface area contributed by atoms with Crippen molar-refractivity contribution in [2.45, 2.75) is 0 Å². The number of methoxy groups -OCH3 is 2. The molecule has 5 amide bonds. The summed E-state index contributed by atoms with van der Waals surface area (Å²) < 4.78 is 10.5. The quantitative estimate of drug-likeness (QED) is 0.140. The molecular formula is C44H40N10O9. The molecule has 0 bridgehead atoms.